The molecule has 0 unspecified atom stereocenters. The van der Waals surface area contributed by atoms with E-state index in [4.69, 9.17) is 5.73 Å². The van der Waals surface area contributed by atoms with Gasteiger partial charge >= 0.3 is 0 Å². The highest BCUT2D eigenvalue weighted by Crippen LogP contribution is 2.41. The molecule has 0 fully saturated rings. The van der Waals surface area contributed by atoms with E-state index < -0.39 is 0 Å². The zero-order chi connectivity index (χ0) is 14.3. The Bertz CT molecular complexity index is 773. The van der Waals surface area contributed by atoms with E-state index in [1.54, 1.807) is 16.0 Å². The summed E-state index contributed by atoms with van der Waals surface area (Å²) in [4.78, 5) is 2.41. The maximum absolute atomic E-state index is 6.23. The topological polar surface area (TPSA) is 43.8 Å². The summed E-state index contributed by atoms with van der Waals surface area (Å²) in [6, 6.07) is 12.3. The summed E-state index contributed by atoms with van der Waals surface area (Å²) in [5, 5.41) is 4.59. The second kappa shape index (κ2) is 5.07. The molecule has 2 N–H and O–H groups in total. The second-order valence-corrected chi connectivity index (χ2v) is 6.76. The van der Waals surface area contributed by atoms with Crippen molar-refractivity contribution in [1.82, 2.24) is 9.78 Å². The molecule has 0 radical (unpaired) electrons. The van der Waals surface area contributed by atoms with Gasteiger partial charge in [-0.3, -0.25) is 4.68 Å². The molecule has 0 aliphatic rings. The minimum atomic E-state index is 0.679. The number of hydrogen-bond donors (Lipinski definition) is 1. The van der Waals surface area contributed by atoms with Crippen LogP contribution in [-0.2, 0) is 7.05 Å². The zero-order valence-electron chi connectivity index (χ0n) is 11.2. The number of nitrogens with two attached hydrogens (primary N) is 1. The summed E-state index contributed by atoms with van der Waals surface area (Å²) in [5.41, 5.74) is 9.23. The van der Waals surface area contributed by atoms with Gasteiger partial charge in [-0.1, -0.05) is 34.1 Å². The molecule has 1 aromatic carbocycles. The third-order valence-corrected chi connectivity index (χ3v) is 4.91. The molecule has 3 rings (SSSR count). The summed E-state index contributed by atoms with van der Waals surface area (Å²) >= 11 is 5.33. The Morgan fingerprint density at radius 3 is 2.60 bits per heavy atom. The van der Waals surface area contributed by atoms with Crippen LogP contribution in [0.1, 0.15) is 4.88 Å². The molecule has 2 heterocycles. The first-order valence-electron chi connectivity index (χ1n) is 6.22. The molecule has 5 heteroatoms. The summed E-state index contributed by atoms with van der Waals surface area (Å²) in [6.45, 7) is 2.10. The molecule has 0 spiro atoms. The number of aryl methyl sites for hydroxylation is 2. The Balaban J connectivity index is 2.28. The molecule has 0 aliphatic heterocycles. The van der Waals surface area contributed by atoms with Crippen molar-refractivity contribution >= 4 is 33.1 Å². The highest BCUT2D eigenvalue weighted by atomic mass is 79.9. The van der Waals surface area contributed by atoms with Gasteiger partial charge in [0.2, 0.25) is 0 Å². The smallest absolute Gasteiger partial charge is 0.129 e. The molecule has 0 saturated carbocycles. The summed E-state index contributed by atoms with van der Waals surface area (Å²) in [5.74, 6) is 0.679. The quantitative estimate of drug-likeness (QED) is 0.743. The Kier molecular flexibility index (Phi) is 3.40. The fraction of sp³-hybridized carbons (Fsp3) is 0.133. The van der Waals surface area contributed by atoms with Crippen molar-refractivity contribution in [1.29, 1.82) is 0 Å². The summed E-state index contributed by atoms with van der Waals surface area (Å²) in [6.07, 6.45) is 0. The molecule has 102 valence electrons. The number of thiophene rings is 1. The maximum Gasteiger partial charge on any atom is 0.129 e. The monoisotopic (exact) mass is 347 g/mol. The third-order valence-electron chi connectivity index (χ3n) is 3.21. The minimum absolute atomic E-state index is 0.679. The van der Waals surface area contributed by atoms with E-state index >= 15 is 0 Å². The average molecular weight is 348 g/mol. The van der Waals surface area contributed by atoms with Crippen LogP contribution in [0, 0.1) is 6.92 Å². The Hall–Kier alpha value is -1.59. The van der Waals surface area contributed by atoms with Gasteiger partial charge < -0.3 is 5.73 Å². The number of halogens is 1. The van der Waals surface area contributed by atoms with E-state index in [-0.39, 0.29) is 0 Å². The molecule has 2 aromatic heterocycles. The van der Waals surface area contributed by atoms with Gasteiger partial charge in [-0.05, 0) is 25.1 Å². The van der Waals surface area contributed by atoms with E-state index in [1.165, 1.54) is 4.88 Å². The van der Waals surface area contributed by atoms with Gasteiger partial charge in [0.1, 0.15) is 11.5 Å². The highest BCUT2D eigenvalue weighted by molar-refractivity contribution is 9.10. The maximum atomic E-state index is 6.23. The molecule has 3 aromatic rings. The van der Waals surface area contributed by atoms with Crippen LogP contribution in [0.2, 0.25) is 0 Å². The lowest BCUT2D eigenvalue weighted by atomic mass is 10.0. The predicted molar refractivity (Wildman–Crippen MR) is 88.8 cm³/mol. The van der Waals surface area contributed by atoms with Gasteiger partial charge in [-0.2, -0.15) is 5.10 Å². The van der Waals surface area contributed by atoms with E-state index in [0.29, 0.717) is 5.82 Å². The van der Waals surface area contributed by atoms with Crippen LogP contribution in [0.25, 0.3) is 21.7 Å². The normalized spacial score (nSPS) is 10.9. The van der Waals surface area contributed by atoms with Crippen LogP contribution < -0.4 is 5.73 Å². The SMILES string of the molecule is Cc1ccc(-c2nn(C)c(N)c2-c2ccccc2Br)s1. The Labute approximate surface area is 130 Å². The number of aromatic nitrogens is 2. The molecule has 0 saturated heterocycles. The van der Waals surface area contributed by atoms with Crippen LogP contribution in [0.5, 0.6) is 0 Å². The Morgan fingerprint density at radius 1 is 1.20 bits per heavy atom. The number of benzene rings is 1. The van der Waals surface area contributed by atoms with Crippen molar-refractivity contribution in [2.75, 3.05) is 5.73 Å². The molecule has 0 amide bonds. The van der Waals surface area contributed by atoms with Gasteiger partial charge in [-0.15, -0.1) is 11.3 Å². The van der Waals surface area contributed by atoms with Crippen LogP contribution in [-0.4, -0.2) is 9.78 Å². The molecule has 0 atom stereocenters. The molecule has 0 bridgehead atoms. The van der Waals surface area contributed by atoms with E-state index in [2.05, 4.69) is 46.2 Å². The Morgan fingerprint density at radius 2 is 1.95 bits per heavy atom. The standard InChI is InChI=1S/C15H14BrN3S/c1-9-7-8-12(20-9)14-13(15(17)19(2)18-14)10-5-3-4-6-11(10)16/h3-8H,17H2,1-2H3. The molecular weight excluding hydrogens is 334 g/mol. The van der Waals surface area contributed by atoms with Crippen molar-refractivity contribution in [2.24, 2.45) is 7.05 Å². The number of nitrogens with zero attached hydrogens (tertiary/aromatic N) is 2. The van der Waals surface area contributed by atoms with Gasteiger partial charge in [0.05, 0.1) is 10.4 Å². The number of nitrogen functional groups attached to an aromatic ring is 1. The number of rotatable bonds is 2. The summed E-state index contributed by atoms with van der Waals surface area (Å²) in [7, 11) is 1.87. The van der Waals surface area contributed by atoms with Crippen LogP contribution in [0.4, 0.5) is 5.82 Å². The van der Waals surface area contributed by atoms with Gasteiger partial charge in [0.25, 0.3) is 0 Å². The average Bonchev–Trinajstić information content (AvgIpc) is 2.96. The highest BCUT2D eigenvalue weighted by Gasteiger charge is 2.19. The lowest BCUT2D eigenvalue weighted by molar-refractivity contribution is 0.783. The lowest BCUT2D eigenvalue weighted by Crippen LogP contribution is -1.98. The lowest BCUT2D eigenvalue weighted by Gasteiger charge is -2.05. The van der Waals surface area contributed by atoms with E-state index in [9.17, 15) is 0 Å². The van der Waals surface area contributed by atoms with Crippen LogP contribution in [0.3, 0.4) is 0 Å². The van der Waals surface area contributed by atoms with E-state index in [0.717, 1.165) is 26.2 Å². The van der Waals surface area contributed by atoms with Crippen molar-refractivity contribution in [3.8, 4) is 21.7 Å². The number of hydrogen-bond acceptors (Lipinski definition) is 3. The minimum Gasteiger partial charge on any atom is -0.383 e. The molecular formula is C15H14BrN3S. The first kappa shape index (κ1) is 13.4. The molecule has 20 heavy (non-hydrogen) atoms. The van der Waals surface area contributed by atoms with Gasteiger partial charge in [-0.25, -0.2) is 0 Å². The molecule has 3 nitrogen and oxygen atoms in total. The second-order valence-electron chi connectivity index (χ2n) is 4.62. The third kappa shape index (κ3) is 2.17. The molecule has 0 aliphatic carbocycles. The first-order valence-corrected chi connectivity index (χ1v) is 7.83. The van der Waals surface area contributed by atoms with Gasteiger partial charge in [0.15, 0.2) is 0 Å². The van der Waals surface area contributed by atoms with E-state index in [1.807, 2.05) is 25.2 Å². The van der Waals surface area contributed by atoms with Crippen molar-refractivity contribution in [3.63, 3.8) is 0 Å². The van der Waals surface area contributed by atoms with Crippen LogP contribution >= 0.6 is 27.3 Å². The van der Waals surface area contributed by atoms with Gasteiger partial charge in [0, 0.05) is 22.0 Å². The van der Waals surface area contributed by atoms with Crippen molar-refractivity contribution < 1.29 is 0 Å². The van der Waals surface area contributed by atoms with Crippen LogP contribution in [0.15, 0.2) is 40.9 Å². The number of anilines is 1. The summed E-state index contributed by atoms with van der Waals surface area (Å²) < 4.78 is 2.76. The van der Waals surface area contributed by atoms with Crippen molar-refractivity contribution in [3.05, 3.63) is 45.7 Å². The first-order chi connectivity index (χ1) is 9.58. The predicted octanol–water partition coefficient (Wildman–Crippen LogP) is 4.47. The zero-order valence-corrected chi connectivity index (χ0v) is 13.6. The fourth-order valence-electron chi connectivity index (χ4n) is 2.20. The van der Waals surface area contributed by atoms with Crippen molar-refractivity contribution in [2.45, 2.75) is 6.92 Å². The fourth-order valence-corrected chi connectivity index (χ4v) is 3.54. The largest absolute Gasteiger partial charge is 0.383 e.